The van der Waals surface area contributed by atoms with Crippen molar-refractivity contribution in [1.82, 2.24) is 4.98 Å². The van der Waals surface area contributed by atoms with Crippen LogP contribution in [0.4, 0.5) is 0 Å². The molecule has 0 radical (unpaired) electrons. The topological polar surface area (TPSA) is 59.4 Å². The Morgan fingerprint density at radius 1 is 1.27 bits per heavy atom. The van der Waals surface area contributed by atoms with Gasteiger partial charge in [-0.1, -0.05) is 38.0 Å². The summed E-state index contributed by atoms with van der Waals surface area (Å²) in [5, 5.41) is 10.8. The van der Waals surface area contributed by atoms with Crippen LogP contribution in [0.1, 0.15) is 43.7 Å². The van der Waals surface area contributed by atoms with Crippen LogP contribution in [0.15, 0.2) is 47.6 Å². The van der Waals surface area contributed by atoms with Gasteiger partial charge in [-0.3, -0.25) is 4.79 Å². The van der Waals surface area contributed by atoms with Crippen molar-refractivity contribution in [2.24, 2.45) is 5.92 Å². The Balaban J connectivity index is 1.58. The van der Waals surface area contributed by atoms with Crippen LogP contribution in [-0.4, -0.2) is 21.3 Å². The lowest BCUT2D eigenvalue weighted by molar-refractivity contribution is -0.141. The molecule has 1 heterocycles. The number of aromatic nitrogens is 1. The number of pyridine rings is 1. The molecular weight excluding hydrogens is 346 g/mol. The van der Waals surface area contributed by atoms with E-state index in [2.05, 4.69) is 11.1 Å². The summed E-state index contributed by atoms with van der Waals surface area (Å²) in [6.07, 6.45) is 7.57. The van der Waals surface area contributed by atoms with Gasteiger partial charge >= 0.3 is 5.97 Å². The number of rotatable bonds is 8. The lowest BCUT2D eigenvalue weighted by Gasteiger charge is -2.13. The molecule has 26 heavy (non-hydrogen) atoms. The van der Waals surface area contributed by atoms with Gasteiger partial charge in [0, 0.05) is 17.0 Å². The highest BCUT2D eigenvalue weighted by atomic mass is 32.2. The third-order valence-electron chi connectivity index (χ3n) is 4.71. The molecule has 0 aliphatic heterocycles. The predicted molar refractivity (Wildman–Crippen MR) is 104 cm³/mol. The molecule has 0 amide bonds. The molecule has 1 N–H and O–H groups in total. The van der Waals surface area contributed by atoms with Gasteiger partial charge in [-0.05, 0) is 43.0 Å². The molecule has 1 aliphatic rings. The Bertz CT molecular complexity index is 726. The fraction of sp³-hybridized carbons (Fsp3) is 0.429. The molecule has 0 bridgehead atoms. The minimum Gasteiger partial charge on any atom is -0.489 e. The van der Waals surface area contributed by atoms with E-state index < -0.39 is 5.97 Å². The van der Waals surface area contributed by atoms with Gasteiger partial charge in [0.2, 0.25) is 0 Å². The first-order valence-electron chi connectivity index (χ1n) is 9.17. The van der Waals surface area contributed by atoms with Crippen molar-refractivity contribution in [3.63, 3.8) is 0 Å². The van der Waals surface area contributed by atoms with E-state index >= 15 is 0 Å². The maximum absolute atomic E-state index is 11.0. The number of carboxylic acids is 1. The molecule has 1 atom stereocenters. The summed E-state index contributed by atoms with van der Waals surface area (Å²) in [5.74, 6) is -0.362. The monoisotopic (exact) mass is 371 g/mol. The zero-order chi connectivity index (χ0) is 18.4. The number of carbonyl (C=O) groups is 1. The average molecular weight is 372 g/mol. The number of nitrogens with zero attached hydrogens (tertiary/aromatic N) is 1. The first-order valence-corrected chi connectivity index (χ1v) is 10.0. The normalized spacial score (nSPS) is 15.7. The number of hydrogen-bond acceptors (Lipinski definition) is 4. The molecule has 5 heteroatoms. The SMILES string of the molecule is CC(Cc1ccc(OCc2cccnc2SC2CCCC2)cc1)C(=O)O. The smallest absolute Gasteiger partial charge is 0.306 e. The van der Waals surface area contributed by atoms with E-state index in [0.717, 1.165) is 21.9 Å². The van der Waals surface area contributed by atoms with Crippen LogP contribution in [0.25, 0.3) is 0 Å². The second kappa shape index (κ2) is 9.08. The summed E-state index contributed by atoms with van der Waals surface area (Å²) in [5.41, 5.74) is 2.12. The molecule has 138 valence electrons. The van der Waals surface area contributed by atoms with Gasteiger partial charge in [-0.25, -0.2) is 4.98 Å². The molecule has 3 rings (SSSR count). The molecule has 1 unspecified atom stereocenters. The number of thioether (sulfide) groups is 1. The third kappa shape index (κ3) is 5.24. The van der Waals surface area contributed by atoms with Crippen molar-refractivity contribution < 1.29 is 14.6 Å². The average Bonchev–Trinajstić information content (AvgIpc) is 3.15. The minimum atomic E-state index is -0.769. The van der Waals surface area contributed by atoms with E-state index in [0.29, 0.717) is 18.3 Å². The van der Waals surface area contributed by atoms with Crippen molar-refractivity contribution in [3.8, 4) is 5.75 Å². The highest BCUT2D eigenvalue weighted by Gasteiger charge is 2.18. The first kappa shape index (κ1) is 18.8. The molecule has 1 aromatic heterocycles. The molecule has 1 aliphatic carbocycles. The molecule has 0 saturated heterocycles. The van der Waals surface area contributed by atoms with Crippen LogP contribution < -0.4 is 4.74 Å². The van der Waals surface area contributed by atoms with Crippen molar-refractivity contribution in [2.45, 2.75) is 55.9 Å². The standard InChI is InChI=1S/C21H25NO3S/c1-15(21(23)24)13-16-8-10-18(11-9-16)25-14-17-5-4-12-22-20(17)26-19-6-2-3-7-19/h4-5,8-12,15,19H,2-3,6-7,13-14H2,1H3,(H,23,24). The van der Waals surface area contributed by atoms with Gasteiger partial charge in [0.25, 0.3) is 0 Å². The van der Waals surface area contributed by atoms with Crippen LogP contribution in [0, 0.1) is 5.92 Å². The summed E-state index contributed by atoms with van der Waals surface area (Å²) in [6, 6.07) is 11.7. The fourth-order valence-electron chi connectivity index (χ4n) is 3.13. The van der Waals surface area contributed by atoms with Crippen molar-refractivity contribution in [2.75, 3.05) is 0 Å². The van der Waals surface area contributed by atoms with Gasteiger partial charge in [-0.2, -0.15) is 0 Å². The Morgan fingerprint density at radius 3 is 2.69 bits per heavy atom. The van der Waals surface area contributed by atoms with Gasteiger partial charge in [0.1, 0.15) is 17.4 Å². The number of aliphatic carboxylic acids is 1. The lowest BCUT2D eigenvalue weighted by atomic mass is 10.0. The Labute approximate surface area is 159 Å². The number of benzene rings is 1. The summed E-state index contributed by atoms with van der Waals surface area (Å²) >= 11 is 1.88. The van der Waals surface area contributed by atoms with Crippen molar-refractivity contribution >= 4 is 17.7 Å². The maximum Gasteiger partial charge on any atom is 0.306 e. The predicted octanol–water partition coefficient (Wildman–Crippen LogP) is 4.96. The van der Waals surface area contributed by atoms with Gasteiger partial charge in [0.15, 0.2) is 0 Å². The summed E-state index contributed by atoms with van der Waals surface area (Å²) in [4.78, 5) is 15.5. The highest BCUT2D eigenvalue weighted by Crippen LogP contribution is 2.35. The Hall–Kier alpha value is -2.01. The molecule has 4 nitrogen and oxygen atoms in total. The largest absolute Gasteiger partial charge is 0.489 e. The zero-order valence-electron chi connectivity index (χ0n) is 15.1. The van der Waals surface area contributed by atoms with Crippen molar-refractivity contribution in [3.05, 3.63) is 53.7 Å². The second-order valence-electron chi connectivity index (χ2n) is 6.87. The zero-order valence-corrected chi connectivity index (χ0v) is 15.9. The van der Waals surface area contributed by atoms with Gasteiger partial charge in [-0.15, -0.1) is 11.8 Å². The molecule has 0 spiro atoms. The molecule has 2 aromatic rings. The molecular formula is C21H25NO3S. The minimum absolute atomic E-state index is 0.382. The van der Waals surface area contributed by atoms with Crippen LogP contribution in [0.3, 0.4) is 0 Å². The third-order valence-corrected chi connectivity index (χ3v) is 6.11. The second-order valence-corrected chi connectivity index (χ2v) is 8.16. The highest BCUT2D eigenvalue weighted by molar-refractivity contribution is 7.99. The van der Waals surface area contributed by atoms with E-state index in [1.807, 2.05) is 48.3 Å². The summed E-state index contributed by atoms with van der Waals surface area (Å²) in [7, 11) is 0. The molecule has 1 fully saturated rings. The van der Waals surface area contributed by atoms with Gasteiger partial charge < -0.3 is 9.84 Å². The van der Waals surface area contributed by atoms with E-state index in [4.69, 9.17) is 9.84 Å². The van der Waals surface area contributed by atoms with E-state index in [1.54, 1.807) is 6.92 Å². The fourth-order valence-corrected chi connectivity index (χ4v) is 4.41. The summed E-state index contributed by atoms with van der Waals surface area (Å²) < 4.78 is 5.93. The quantitative estimate of drug-likeness (QED) is 0.711. The number of ether oxygens (including phenoxy) is 1. The molecule has 1 saturated carbocycles. The maximum atomic E-state index is 11.0. The lowest BCUT2D eigenvalue weighted by Crippen LogP contribution is -2.12. The van der Waals surface area contributed by atoms with E-state index in [9.17, 15) is 4.79 Å². The van der Waals surface area contributed by atoms with E-state index in [1.165, 1.54) is 25.7 Å². The molecule has 1 aromatic carbocycles. The Kier molecular flexibility index (Phi) is 6.56. The van der Waals surface area contributed by atoms with Crippen LogP contribution in [0.5, 0.6) is 5.75 Å². The van der Waals surface area contributed by atoms with Gasteiger partial charge in [0.05, 0.1) is 5.92 Å². The van der Waals surface area contributed by atoms with Crippen LogP contribution in [0.2, 0.25) is 0 Å². The Morgan fingerprint density at radius 2 is 2.00 bits per heavy atom. The van der Waals surface area contributed by atoms with Crippen LogP contribution >= 0.6 is 11.8 Å². The number of carboxylic acid groups (broad SMARTS) is 1. The first-order chi connectivity index (χ1) is 12.6. The van der Waals surface area contributed by atoms with E-state index in [-0.39, 0.29) is 5.92 Å². The number of hydrogen-bond donors (Lipinski definition) is 1. The summed E-state index contributed by atoms with van der Waals surface area (Å²) in [6.45, 7) is 2.21. The van der Waals surface area contributed by atoms with Crippen LogP contribution in [-0.2, 0) is 17.8 Å². The van der Waals surface area contributed by atoms with Crippen molar-refractivity contribution in [1.29, 1.82) is 0 Å².